The summed E-state index contributed by atoms with van der Waals surface area (Å²) in [5, 5.41) is 9.72. The van der Waals surface area contributed by atoms with E-state index in [1.54, 1.807) is 4.88 Å². The molecule has 5 heteroatoms. The number of aromatic nitrogens is 2. The van der Waals surface area contributed by atoms with E-state index >= 15 is 0 Å². The topological polar surface area (TPSA) is 51.0 Å². The van der Waals surface area contributed by atoms with Gasteiger partial charge >= 0.3 is 0 Å². The molecule has 2 aromatic heterocycles. The summed E-state index contributed by atoms with van der Waals surface area (Å²) in [4.78, 5) is 5.76. The van der Waals surface area contributed by atoms with Gasteiger partial charge in [0.1, 0.15) is 0 Å². The largest absolute Gasteiger partial charge is 0.340 e. The monoisotopic (exact) mass is 263 g/mol. The molecule has 1 aliphatic rings. The molecule has 0 radical (unpaired) electrons. The van der Waals surface area contributed by atoms with Crippen molar-refractivity contribution in [2.24, 2.45) is 0 Å². The van der Waals surface area contributed by atoms with Gasteiger partial charge in [0.25, 0.3) is 0 Å². The maximum absolute atomic E-state index is 4.96. The lowest BCUT2D eigenvalue weighted by molar-refractivity contribution is 0.385. The van der Waals surface area contributed by atoms with Gasteiger partial charge in [-0.05, 0) is 36.3 Å². The van der Waals surface area contributed by atoms with Crippen LogP contribution in [0.25, 0.3) is 0 Å². The van der Waals surface area contributed by atoms with Crippen LogP contribution in [0.4, 0.5) is 0 Å². The van der Waals surface area contributed by atoms with Crippen LogP contribution in [-0.4, -0.2) is 16.7 Å². The molecule has 0 saturated carbocycles. The van der Waals surface area contributed by atoms with Crippen molar-refractivity contribution in [3.63, 3.8) is 0 Å². The van der Waals surface area contributed by atoms with Crippen LogP contribution in [0.15, 0.2) is 16.0 Å². The lowest BCUT2D eigenvalue weighted by atomic mass is 9.94. The van der Waals surface area contributed by atoms with Gasteiger partial charge in [-0.3, -0.25) is 0 Å². The Morgan fingerprint density at radius 1 is 1.56 bits per heavy atom. The second-order valence-electron chi connectivity index (χ2n) is 4.68. The molecule has 1 N–H and O–H groups in total. The quantitative estimate of drug-likeness (QED) is 0.921. The zero-order valence-corrected chi connectivity index (χ0v) is 11.3. The van der Waals surface area contributed by atoms with Crippen LogP contribution in [0.3, 0.4) is 0 Å². The Hall–Kier alpha value is -1.20. The Kier molecular flexibility index (Phi) is 3.43. The average molecular weight is 263 g/mol. The molecule has 0 aliphatic heterocycles. The van der Waals surface area contributed by atoms with Crippen molar-refractivity contribution in [1.29, 1.82) is 0 Å². The first kappa shape index (κ1) is 11.9. The van der Waals surface area contributed by atoms with Crippen molar-refractivity contribution in [3.05, 3.63) is 33.6 Å². The summed E-state index contributed by atoms with van der Waals surface area (Å²) in [5.74, 6) is 1.43. The molecule has 0 spiro atoms. The molecule has 0 aromatic carbocycles. The zero-order chi connectivity index (χ0) is 12.4. The summed E-state index contributed by atoms with van der Waals surface area (Å²) in [5.41, 5.74) is 1.50. The fourth-order valence-corrected chi connectivity index (χ4v) is 3.49. The highest BCUT2D eigenvalue weighted by Gasteiger charge is 2.20. The summed E-state index contributed by atoms with van der Waals surface area (Å²) < 4.78 is 4.96. The van der Waals surface area contributed by atoms with Crippen molar-refractivity contribution < 1.29 is 4.52 Å². The van der Waals surface area contributed by atoms with Crippen LogP contribution >= 0.6 is 11.3 Å². The van der Waals surface area contributed by atoms with Crippen molar-refractivity contribution in [3.8, 4) is 0 Å². The van der Waals surface area contributed by atoms with E-state index in [2.05, 4.69) is 26.9 Å². The van der Waals surface area contributed by atoms with E-state index in [0.717, 1.165) is 18.8 Å². The molecule has 1 aliphatic carbocycles. The molecule has 1 atom stereocenters. The molecule has 96 valence electrons. The number of rotatable bonds is 4. The molecule has 0 bridgehead atoms. The Balaban J connectivity index is 1.55. The molecule has 2 heterocycles. The third-order valence-electron chi connectivity index (χ3n) is 3.36. The van der Waals surface area contributed by atoms with Gasteiger partial charge in [-0.1, -0.05) is 5.16 Å². The lowest BCUT2D eigenvalue weighted by Gasteiger charge is -2.23. The fourth-order valence-electron chi connectivity index (χ4n) is 2.50. The van der Waals surface area contributed by atoms with Gasteiger partial charge in [0, 0.05) is 30.8 Å². The Labute approximate surface area is 110 Å². The van der Waals surface area contributed by atoms with Crippen LogP contribution < -0.4 is 5.32 Å². The normalized spacial score (nSPS) is 18.8. The third kappa shape index (κ3) is 2.47. The molecule has 2 aromatic rings. The van der Waals surface area contributed by atoms with Crippen molar-refractivity contribution >= 4 is 11.3 Å². The van der Waals surface area contributed by atoms with Crippen LogP contribution in [0.2, 0.25) is 0 Å². The summed E-state index contributed by atoms with van der Waals surface area (Å²) in [7, 11) is 0. The van der Waals surface area contributed by atoms with Gasteiger partial charge in [-0.15, -0.1) is 11.3 Å². The van der Waals surface area contributed by atoms with Crippen molar-refractivity contribution in [1.82, 2.24) is 15.5 Å². The van der Waals surface area contributed by atoms with E-state index in [-0.39, 0.29) is 0 Å². The van der Waals surface area contributed by atoms with Crippen LogP contribution in [-0.2, 0) is 12.8 Å². The summed E-state index contributed by atoms with van der Waals surface area (Å²) in [6.45, 7) is 2.72. The molecular weight excluding hydrogens is 246 g/mol. The standard InChI is InChI=1S/C13H17N3OS/c1-9-15-13(16-17-9)5-7-14-11-3-2-4-12-10(11)6-8-18-12/h6,8,11,14H,2-5,7H2,1H3. The van der Waals surface area contributed by atoms with Gasteiger partial charge in [-0.25, -0.2) is 0 Å². The number of nitrogens with one attached hydrogen (secondary N) is 1. The molecule has 0 fully saturated rings. The highest BCUT2D eigenvalue weighted by atomic mass is 32.1. The van der Waals surface area contributed by atoms with Crippen molar-refractivity contribution in [2.45, 2.75) is 38.6 Å². The molecule has 3 rings (SSSR count). The minimum absolute atomic E-state index is 0.507. The van der Waals surface area contributed by atoms with Crippen molar-refractivity contribution in [2.75, 3.05) is 6.54 Å². The van der Waals surface area contributed by atoms with E-state index in [0.29, 0.717) is 11.9 Å². The van der Waals surface area contributed by atoms with Crippen LogP contribution in [0, 0.1) is 6.92 Å². The number of aryl methyl sites for hydroxylation is 2. The Morgan fingerprint density at radius 2 is 2.50 bits per heavy atom. The minimum atomic E-state index is 0.507. The Morgan fingerprint density at radius 3 is 3.33 bits per heavy atom. The van der Waals surface area contributed by atoms with Crippen LogP contribution in [0.5, 0.6) is 0 Å². The molecule has 0 amide bonds. The lowest BCUT2D eigenvalue weighted by Crippen LogP contribution is -2.26. The van der Waals surface area contributed by atoms with Gasteiger partial charge in [-0.2, -0.15) is 4.98 Å². The van der Waals surface area contributed by atoms with Gasteiger partial charge in [0.15, 0.2) is 5.82 Å². The van der Waals surface area contributed by atoms with Gasteiger partial charge < -0.3 is 9.84 Å². The van der Waals surface area contributed by atoms with E-state index in [1.807, 2.05) is 18.3 Å². The van der Waals surface area contributed by atoms with Crippen LogP contribution in [0.1, 0.15) is 41.0 Å². The number of thiophene rings is 1. The Bertz CT molecular complexity index is 520. The van der Waals surface area contributed by atoms with Gasteiger partial charge in [0.05, 0.1) is 0 Å². The number of hydrogen-bond donors (Lipinski definition) is 1. The summed E-state index contributed by atoms with van der Waals surface area (Å²) >= 11 is 1.88. The summed E-state index contributed by atoms with van der Waals surface area (Å²) in [6, 6.07) is 2.77. The molecule has 18 heavy (non-hydrogen) atoms. The van der Waals surface area contributed by atoms with Gasteiger partial charge in [0.2, 0.25) is 5.89 Å². The molecule has 1 unspecified atom stereocenters. The maximum atomic E-state index is 4.96. The number of nitrogens with zero attached hydrogens (tertiary/aromatic N) is 2. The summed E-state index contributed by atoms with van der Waals surface area (Å²) in [6.07, 6.45) is 4.59. The third-order valence-corrected chi connectivity index (χ3v) is 4.36. The fraction of sp³-hybridized carbons (Fsp3) is 0.538. The first-order chi connectivity index (χ1) is 8.83. The first-order valence-electron chi connectivity index (χ1n) is 6.42. The number of fused-ring (bicyclic) bond motifs is 1. The minimum Gasteiger partial charge on any atom is -0.340 e. The first-order valence-corrected chi connectivity index (χ1v) is 7.30. The van der Waals surface area contributed by atoms with E-state index in [4.69, 9.17) is 4.52 Å². The highest BCUT2D eigenvalue weighted by molar-refractivity contribution is 7.10. The maximum Gasteiger partial charge on any atom is 0.223 e. The predicted molar refractivity (Wildman–Crippen MR) is 70.7 cm³/mol. The van der Waals surface area contributed by atoms with E-state index in [1.165, 1.54) is 24.8 Å². The molecule has 4 nitrogen and oxygen atoms in total. The van der Waals surface area contributed by atoms with E-state index < -0.39 is 0 Å². The zero-order valence-electron chi connectivity index (χ0n) is 10.5. The predicted octanol–water partition coefficient (Wildman–Crippen LogP) is 2.65. The molecule has 0 saturated heterocycles. The second-order valence-corrected chi connectivity index (χ2v) is 5.68. The number of hydrogen-bond acceptors (Lipinski definition) is 5. The SMILES string of the molecule is Cc1nc(CCNC2CCCc3sccc32)no1. The molecular formula is C13H17N3OS. The second kappa shape index (κ2) is 5.20. The van der Waals surface area contributed by atoms with E-state index in [9.17, 15) is 0 Å². The highest BCUT2D eigenvalue weighted by Crippen LogP contribution is 2.33. The smallest absolute Gasteiger partial charge is 0.223 e. The average Bonchev–Trinajstić information content (AvgIpc) is 2.98.